The zero-order chi connectivity index (χ0) is 26.7. The highest BCUT2D eigenvalue weighted by molar-refractivity contribution is 5.98. The second-order valence-corrected chi connectivity index (χ2v) is 8.88. The predicted octanol–water partition coefficient (Wildman–Crippen LogP) is 4.94. The van der Waals surface area contributed by atoms with E-state index in [-0.39, 0.29) is 24.3 Å². The summed E-state index contributed by atoms with van der Waals surface area (Å²) in [6.45, 7) is 0.925. The molecule has 0 aliphatic rings. The highest BCUT2D eigenvalue weighted by Crippen LogP contribution is 2.15. The molecule has 7 heteroatoms. The molecule has 0 radical (unpaired) electrons. The Balaban J connectivity index is 1.29. The van der Waals surface area contributed by atoms with Crippen molar-refractivity contribution in [1.29, 1.82) is 0 Å². The van der Waals surface area contributed by atoms with Gasteiger partial charge in [-0.1, -0.05) is 72.8 Å². The summed E-state index contributed by atoms with van der Waals surface area (Å²) >= 11 is 0. The van der Waals surface area contributed by atoms with E-state index in [0.29, 0.717) is 35.6 Å². The van der Waals surface area contributed by atoms with Gasteiger partial charge in [0.05, 0.1) is 6.54 Å². The standard InChI is InChI=1S/C31H30N4O3/c1-35(22-24-12-6-3-7-13-24)31(38)26-15-9-16-27(19-26)32-21-29(36)34-28-17-8-14-25(18-28)30(37)33-20-23-10-4-2-5-11-23/h2-19,32H,20-22H2,1H3,(H,33,37)(H,34,36). The molecule has 0 fully saturated rings. The van der Waals surface area contributed by atoms with Gasteiger partial charge in [0, 0.05) is 42.6 Å². The number of nitrogens with one attached hydrogen (secondary N) is 3. The number of carbonyl (C=O) groups is 3. The highest BCUT2D eigenvalue weighted by atomic mass is 16.2. The van der Waals surface area contributed by atoms with Gasteiger partial charge in [-0.05, 0) is 47.5 Å². The van der Waals surface area contributed by atoms with Crippen molar-refractivity contribution in [1.82, 2.24) is 10.2 Å². The first-order valence-electron chi connectivity index (χ1n) is 12.3. The number of hydrogen-bond acceptors (Lipinski definition) is 4. The predicted molar refractivity (Wildman–Crippen MR) is 150 cm³/mol. The van der Waals surface area contributed by atoms with Crippen molar-refractivity contribution in [2.24, 2.45) is 0 Å². The van der Waals surface area contributed by atoms with Gasteiger partial charge in [-0.15, -0.1) is 0 Å². The Morgan fingerprint density at radius 2 is 1.29 bits per heavy atom. The average molecular weight is 507 g/mol. The van der Waals surface area contributed by atoms with E-state index in [4.69, 9.17) is 0 Å². The van der Waals surface area contributed by atoms with Crippen molar-refractivity contribution >= 4 is 29.1 Å². The molecule has 4 rings (SSSR count). The van der Waals surface area contributed by atoms with E-state index in [1.807, 2.05) is 60.7 Å². The minimum atomic E-state index is -0.273. The molecule has 0 aliphatic heterocycles. The zero-order valence-corrected chi connectivity index (χ0v) is 21.2. The van der Waals surface area contributed by atoms with Gasteiger partial charge in [-0.25, -0.2) is 0 Å². The molecule has 0 aromatic heterocycles. The largest absolute Gasteiger partial charge is 0.376 e. The highest BCUT2D eigenvalue weighted by Gasteiger charge is 2.13. The van der Waals surface area contributed by atoms with Gasteiger partial charge in [0.1, 0.15) is 0 Å². The number of hydrogen-bond donors (Lipinski definition) is 3. The summed E-state index contributed by atoms with van der Waals surface area (Å²) in [6.07, 6.45) is 0. The van der Waals surface area contributed by atoms with Crippen LogP contribution >= 0.6 is 0 Å². The van der Waals surface area contributed by atoms with Crippen molar-refractivity contribution in [3.05, 3.63) is 131 Å². The summed E-state index contributed by atoms with van der Waals surface area (Å²) in [5.74, 6) is -0.601. The lowest BCUT2D eigenvalue weighted by Crippen LogP contribution is -2.26. The van der Waals surface area contributed by atoms with Crippen molar-refractivity contribution in [2.45, 2.75) is 13.1 Å². The second-order valence-electron chi connectivity index (χ2n) is 8.88. The number of amides is 3. The van der Waals surface area contributed by atoms with Crippen molar-refractivity contribution in [3.8, 4) is 0 Å². The van der Waals surface area contributed by atoms with Crippen LogP contribution in [0.1, 0.15) is 31.8 Å². The Bertz CT molecular complexity index is 1390. The molecule has 0 heterocycles. The van der Waals surface area contributed by atoms with Gasteiger partial charge in [0.15, 0.2) is 0 Å². The van der Waals surface area contributed by atoms with Crippen LogP contribution in [0.25, 0.3) is 0 Å². The number of anilines is 2. The minimum absolute atomic E-state index is 0.00191. The average Bonchev–Trinajstić information content (AvgIpc) is 2.96. The molecule has 4 aromatic carbocycles. The first kappa shape index (κ1) is 26.2. The maximum Gasteiger partial charge on any atom is 0.253 e. The molecule has 38 heavy (non-hydrogen) atoms. The van der Waals surface area contributed by atoms with E-state index in [9.17, 15) is 14.4 Å². The Hall–Kier alpha value is -4.91. The fourth-order valence-electron chi connectivity index (χ4n) is 3.92. The number of rotatable bonds is 10. The lowest BCUT2D eigenvalue weighted by molar-refractivity contribution is -0.114. The normalized spacial score (nSPS) is 10.3. The molecule has 0 unspecified atom stereocenters. The monoisotopic (exact) mass is 506 g/mol. The summed E-state index contributed by atoms with van der Waals surface area (Å²) in [5, 5.41) is 8.75. The first-order chi connectivity index (χ1) is 18.5. The van der Waals surface area contributed by atoms with Crippen LogP contribution in [0.2, 0.25) is 0 Å². The fourth-order valence-corrected chi connectivity index (χ4v) is 3.92. The summed E-state index contributed by atoms with van der Waals surface area (Å²) in [5.41, 5.74) is 4.22. The summed E-state index contributed by atoms with van der Waals surface area (Å²) < 4.78 is 0. The van der Waals surface area contributed by atoms with Gasteiger partial charge in [0.25, 0.3) is 11.8 Å². The Morgan fingerprint density at radius 3 is 2.00 bits per heavy atom. The molecule has 3 N–H and O–H groups in total. The van der Waals surface area contributed by atoms with Crippen molar-refractivity contribution in [2.75, 3.05) is 24.2 Å². The molecule has 4 aromatic rings. The molecule has 0 saturated carbocycles. The maximum atomic E-state index is 12.9. The van der Waals surface area contributed by atoms with Gasteiger partial charge < -0.3 is 20.9 Å². The van der Waals surface area contributed by atoms with Gasteiger partial charge in [0.2, 0.25) is 5.91 Å². The second kappa shape index (κ2) is 12.9. The lowest BCUT2D eigenvalue weighted by atomic mass is 10.1. The third-order valence-electron chi connectivity index (χ3n) is 5.88. The molecule has 3 amide bonds. The smallest absolute Gasteiger partial charge is 0.253 e. The maximum absolute atomic E-state index is 12.9. The number of carbonyl (C=O) groups excluding carboxylic acids is 3. The minimum Gasteiger partial charge on any atom is -0.376 e. The molecule has 0 saturated heterocycles. The van der Waals surface area contributed by atoms with Crippen LogP contribution < -0.4 is 16.0 Å². The van der Waals surface area contributed by atoms with Gasteiger partial charge in [-0.2, -0.15) is 0 Å². The molecular weight excluding hydrogens is 476 g/mol. The quantitative estimate of drug-likeness (QED) is 0.284. The van der Waals surface area contributed by atoms with Crippen molar-refractivity contribution in [3.63, 3.8) is 0 Å². The Kier molecular flexibility index (Phi) is 8.86. The van der Waals surface area contributed by atoms with E-state index >= 15 is 0 Å². The topological polar surface area (TPSA) is 90.5 Å². The van der Waals surface area contributed by atoms with E-state index < -0.39 is 0 Å². The van der Waals surface area contributed by atoms with Crippen LogP contribution in [0.3, 0.4) is 0 Å². The summed E-state index contributed by atoms with van der Waals surface area (Å²) in [6, 6.07) is 33.3. The molecule has 0 atom stereocenters. The zero-order valence-electron chi connectivity index (χ0n) is 21.2. The Morgan fingerprint density at radius 1 is 0.684 bits per heavy atom. The third-order valence-corrected chi connectivity index (χ3v) is 5.88. The molecule has 0 spiro atoms. The Labute approximate surface area is 222 Å². The van der Waals surface area contributed by atoms with Crippen LogP contribution in [0.15, 0.2) is 109 Å². The van der Waals surface area contributed by atoms with Gasteiger partial charge in [-0.3, -0.25) is 14.4 Å². The molecule has 0 aliphatic carbocycles. The van der Waals surface area contributed by atoms with Crippen LogP contribution in [0.4, 0.5) is 11.4 Å². The van der Waals surface area contributed by atoms with E-state index in [2.05, 4.69) is 16.0 Å². The van der Waals surface area contributed by atoms with Crippen molar-refractivity contribution < 1.29 is 14.4 Å². The molecule has 192 valence electrons. The van der Waals surface area contributed by atoms with Gasteiger partial charge >= 0.3 is 0 Å². The molecule has 7 nitrogen and oxygen atoms in total. The van der Waals surface area contributed by atoms with Crippen LogP contribution in [-0.4, -0.2) is 36.2 Å². The third kappa shape index (κ3) is 7.54. The van der Waals surface area contributed by atoms with E-state index in [1.54, 1.807) is 60.5 Å². The van der Waals surface area contributed by atoms with E-state index in [1.165, 1.54) is 0 Å². The molecular formula is C31H30N4O3. The fraction of sp³-hybridized carbons (Fsp3) is 0.129. The first-order valence-corrected chi connectivity index (χ1v) is 12.3. The van der Waals surface area contributed by atoms with Crippen LogP contribution in [0, 0.1) is 0 Å². The van der Waals surface area contributed by atoms with E-state index in [0.717, 1.165) is 11.1 Å². The lowest BCUT2D eigenvalue weighted by Gasteiger charge is -2.18. The van der Waals surface area contributed by atoms with Crippen LogP contribution in [0.5, 0.6) is 0 Å². The number of nitrogens with zero attached hydrogens (tertiary/aromatic N) is 1. The number of benzene rings is 4. The summed E-state index contributed by atoms with van der Waals surface area (Å²) in [7, 11) is 1.76. The molecule has 0 bridgehead atoms. The van der Waals surface area contributed by atoms with Crippen LogP contribution in [-0.2, 0) is 17.9 Å². The SMILES string of the molecule is CN(Cc1ccccc1)C(=O)c1cccc(NCC(=O)Nc2cccc(C(=O)NCc3ccccc3)c2)c1. The summed E-state index contributed by atoms with van der Waals surface area (Å²) in [4.78, 5) is 39.6.